The van der Waals surface area contributed by atoms with Gasteiger partial charge in [-0.05, 0) is 26.3 Å². The maximum Gasteiger partial charge on any atom is 0.358 e. The van der Waals surface area contributed by atoms with Gasteiger partial charge in [-0.3, -0.25) is 19.3 Å². The summed E-state index contributed by atoms with van der Waals surface area (Å²) < 4.78 is 15.7. The molecule has 1 fully saturated rings. The summed E-state index contributed by atoms with van der Waals surface area (Å²) in [6.07, 6.45) is -1.20. The minimum atomic E-state index is -1.20. The van der Waals surface area contributed by atoms with Crippen molar-refractivity contribution in [1.29, 1.82) is 0 Å². The fraction of sp³-hybridized carbons (Fsp3) is 0.524. The van der Waals surface area contributed by atoms with Crippen LogP contribution in [0.25, 0.3) is 0 Å². The first-order chi connectivity index (χ1) is 16.9. The zero-order valence-electron chi connectivity index (χ0n) is 20.3. The van der Waals surface area contributed by atoms with Crippen LogP contribution in [0.3, 0.4) is 0 Å². The van der Waals surface area contributed by atoms with Gasteiger partial charge in [0.1, 0.15) is 22.8 Å². The summed E-state index contributed by atoms with van der Waals surface area (Å²) in [4.78, 5) is 56.0. The number of ether oxygens (including phenoxy) is 3. The number of carbonyl (C=O) groups excluding carboxylic acids is 4. The Balaban J connectivity index is 1.75. The largest absolute Gasteiger partial charge is 0.425 e. The Morgan fingerprint density at radius 3 is 2.61 bits per heavy atom. The van der Waals surface area contributed by atoms with E-state index in [9.17, 15) is 24.4 Å². The first-order valence-electron chi connectivity index (χ1n) is 10.7. The Labute approximate surface area is 215 Å². The molecule has 2 aliphatic heterocycles. The maximum absolute atomic E-state index is 13.0. The molecule has 196 valence electrons. The van der Waals surface area contributed by atoms with Gasteiger partial charge in [0.2, 0.25) is 6.29 Å². The van der Waals surface area contributed by atoms with Crippen molar-refractivity contribution >= 4 is 57.7 Å². The van der Waals surface area contributed by atoms with Crippen LogP contribution in [0.4, 0.5) is 5.13 Å². The zero-order valence-corrected chi connectivity index (χ0v) is 21.9. The van der Waals surface area contributed by atoms with Crippen LogP contribution in [0.1, 0.15) is 33.4 Å². The van der Waals surface area contributed by atoms with Gasteiger partial charge in [0.25, 0.3) is 11.8 Å². The number of nitrogen functional groups attached to an aromatic ring is 1. The number of aromatic nitrogens is 1. The number of thiazole rings is 1. The second kappa shape index (κ2) is 10.8. The van der Waals surface area contributed by atoms with Crippen molar-refractivity contribution in [3.8, 4) is 0 Å². The van der Waals surface area contributed by atoms with E-state index in [4.69, 9.17) is 19.9 Å². The zero-order chi connectivity index (χ0) is 26.8. The topological polar surface area (TPSA) is 183 Å². The van der Waals surface area contributed by atoms with Gasteiger partial charge < -0.3 is 30.5 Å². The number of nitrogens with two attached hydrogens (primary N) is 1. The molecule has 36 heavy (non-hydrogen) atoms. The number of anilines is 1. The highest BCUT2D eigenvalue weighted by Crippen LogP contribution is 2.41. The number of hydrogen-bond acceptors (Lipinski definition) is 13. The number of thioether (sulfide) groups is 1. The van der Waals surface area contributed by atoms with Crippen LogP contribution in [-0.4, -0.2) is 81.7 Å². The Hall–Kier alpha value is -3.17. The van der Waals surface area contributed by atoms with Gasteiger partial charge >= 0.3 is 11.9 Å². The van der Waals surface area contributed by atoms with E-state index < -0.39 is 52.6 Å². The molecule has 2 amide bonds. The van der Waals surface area contributed by atoms with Crippen molar-refractivity contribution in [3.05, 3.63) is 22.3 Å². The molecule has 3 heterocycles. The normalized spacial score (nSPS) is 20.9. The molecular formula is C21H27N5O8S2. The third-order valence-electron chi connectivity index (χ3n) is 5.08. The van der Waals surface area contributed by atoms with E-state index in [2.05, 4.69) is 15.5 Å². The Morgan fingerprint density at radius 2 is 2.06 bits per heavy atom. The second-order valence-corrected chi connectivity index (χ2v) is 10.9. The van der Waals surface area contributed by atoms with Crippen LogP contribution in [0, 0.1) is 5.41 Å². The van der Waals surface area contributed by atoms with Gasteiger partial charge in [0.05, 0.1) is 12.0 Å². The van der Waals surface area contributed by atoms with E-state index in [1.54, 1.807) is 20.8 Å². The van der Waals surface area contributed by atoms with Gasteiger partial charge in [-0.15, -0.1) is 23.1 Å². The summed E-state index contributed by atoms with van der Waals surface area (Å²) >= 11 is 2.37. The lowest BCUT2D eigenvalue weighted by atomic mass is 9.97. The summed E-state index contributed by atoms with van der Waals surface area (Å²) in [6.45, 7) is 6.45. The highest BCUT2D eigenvalue weighted by molar-refractivity contribution is 8.00. The number of β-lactam (4-membered cyclic amide) rings is 1. The van der Waals surface area contributed by atoms with E-state index in [-0.39, 0.29) is 23.1 Å². The molecule has 2 aliphatic rings. The molecule has 1 saturated heterocycles. The number of oxime groups is 1. The average molecular weight is 542 g/mol. The summed E-state index contributed by atoms with van der Waals surface area (Å²) in [7, 11) is 1.45. The minimum absolute atomic E-state index is 0.0296. The van der Waals surface area contributed by atoms with Crippen molar-refractivity contribution in [1.82, 2.24) is 15.2 Å². The van der Waals surface area contributed by atoms with Crippen LogP contribution < -0.4 is 11.1 Å². The molecule has 0 spiro atoms. The first-order valence-corrected chi connectivity index (χ1v) is 12.6. The number of amides is 2. The van der Waals surface area contributed by atoms with Crippen LogP contribution in [-0.2, 0) is 33.4 Å². The van der Waals surface area contributed by atoms with E-state index in [1.807, 2.05) is 0 Å². The van der Waals surface area contributed by atoms with Crippen molar-refractivity contribution in [3.63, 3.8) is 0 Å². The van der Waals surface area contributed by atoms with E-state index in [0.29, 0.717) is 11.3 Å². The summed E-state index contributed by atoms with van der Waals surface area (Å²) in [5, 5.41) is 15.8. The highest BCUT2D eigenvalue weighted by atomic mass is 32.2. The Bertz CT molecular complexity index is 1130. The Morgan fingerprint density at radius 1 is 1.36 bits per heavy atom. The standard InChI is InChI=1S/C21H27N5O8S2/c1-9(34-19(30)21(2,3)4)33-18(29)14-10(6-32-5)7-35-17-13(16(28)26(14)17)24-15(27)12(25-31)11-8-36-20(22)23-11/h8-9,13,17,31H,6-7H2,1-5H3,(H2,22,23)(H,24,27)/b25-12-/t9?,13?,17-/m0/s1. The molecule has 0 aliphatic carbocycles. The van der Waals surface area contributed by atoms with E-state index in [1.165, 1.54) is 36.1 Å². The number of nitrogens with one attached hydrogen (secondary N) is 1. The first kappa shape index (κ1) is 27.4. The van der Waals surface area contributed by atoms with Gasteiger partial charge in [0, 0.05) is 25.2 Å². The summed E-state index contributed by atoms with van der Waals surface area (Å²) in [5.41, 5.74) is 4.90. The lowest BCUT2D eigenvalue weighted by Crippen LogP contribution is -2.71. The number of rotatable bonds is 8. The molecule has 15 heteroatoms. The molecule has 0 aromatic carbocycles. The monoisotopic (exact) mass is 541 g/mol. The average Bonchev–Trinajstić information content (AvgIpc) is 3.22. The fourth-order valence-corrected chi connectivity index (χ4v) is 5.21. The number of fused-ring (bicyclic) bond motifs is 1. The van der Waals surface area contributed by atoms with Crippen LogP contribution in [0.15, 0.2) is 21.8 Å². The van der Waals surface area contributed by atoms with Gasteiger partial charge in [-0.1, -0.05) is 5.16 Å². The molecule has 2 unspecified atom stereocenters. The number of esters is 2. The SMILES string of the molecule is COCC1=C(C(=O)OC(C)OC(=O)C(C)(C)C)N2C(=O)C(NC(=O)/C(=N\O)c3csc(N)n3)[C@@H]2SC1. The van der Waals surface area contributed by atoms with Crippen LogP contribution in [0.5, 0.6) is 0 Å². The number of carbonyl (C=O) groups is 4. The van der Waals surface area contributed by atoms with E-state index >= 15 is 0 Å². The van der Waals surface area contributed by atoms with E-state index in [0.717, 1.165) is 11.3 Å². The van der Waals surface area contributed by atoms with Crippen molar-refractivity contribution in [2.45, 2.75) is 45.4 Å². The van der Waals surface area contributed by atoms with Crippen molar-refractivity contribution in [2.24, 2.45) is 10.6 Å². The molecule has 3 rings (SSSR count). The predicted octanol–water partition coefficient (Wildman–Crippen LogP) is 0.683. The third-order valence-corrected chi connectivity index (χ3v) is 7.10. The Kier molecular flexibility index (Phi) is 8.26. The van der Waals surface area contributed by atoms with Crippen molar-refractivity contribution < 1.29 is 38.6 Å². The third kappa shape index (κ3) is 5.63. The number of methoxy groups -OCH3 is 1. The molecule has 1 aromatic heterocycles. The molecule has 0 bridgehead atoms. The number of hydrogen-bond donors (Lipinski definition) is 3. The highest BCUT2D eigenvalue weighted by Gasteiger charge is 2.55. The lowest BCUT2D eigenvalue weighted by molar-refractivity contribution is -0.190. The summed E-state index contributed by atoms with van der Waals surface area (Å²) in [5.74, 6) is -2.51. The van der Waals surface area contributed by atoms with Crippen molar-refractivity contribution in [2.75, 3.05) is 25.2 Å². The van der Waals surface area contributed by atoms with Crippen LogP contribution in [0.2, 0.25) is 0 Å². The molecule has 3 atom stereocenters. The number of nitrogens with zero attached hydrogens (tertiary/aromatic N) is 3. The van der Waals surface area contributed by atoms with Gasteiger partial charge in [0.15, 0.2) is 10.8 Å². The molecule has 13 nitrogen and oxygen atoms in total. The van der Waals surface area contributed by atoms with Crippen LogP contribution >= 0.6 is 23.1 Å². The molecule has 0 saturated carbocycles. The smallest absolute Gasteiger partial charge is 0.358 e. The minimum Gasteiger partial charge on any atom is -0.425 e. The second-order valence-electron chi connectivity index (χ2n) is 8.89. The molecular weight excluding hydrogens is 514 g/mol. The fourth-order valence-electron chi connectivity index (χ4n) is 3.33. The predicted molar refractivity (Wildman–Crippen MR) is 130 cm³/mol. The summed E-state index contributed by atoms with van der Waals surface area (Å²) in [6, 6.07) is -1.00. The maximum atomic E-state index is 13.0. The quantitative estimate of drug-likeness (QED) is 0.105. The lowest BCUT2D eigenvalue weighted by Gasteiger charge is -2.49. The molecule has 1 aromatic rings. The van der Waals surface area contributed by atoms with Gasteiger partial charge in [-0.25, -0.2) is 9.78 Å². The van der Waals surface area contributed by atoms with Gasteiger partial charge in [-0.2, -0.15) is 0 Å². The molecule has 4 N–H and O–H groups in total. The molecule has 0 radical (unpaired) electrons.